The fourth-order valence-corrected chi connectivity index (χ4v) is 2.27. The topological polar surface area (TPSA) is 74.8 Å². The van der Waals surface area contributed by atoms with Gasteiger partial charge in [-0.1, -0.05) is 17.7 Å². The molecule has 0 bridgehead atoms. The molecular weight excluding hydrogens is 278 g/mol. The third-order valence-corrected chi connectivity index (χ3v) is 3.14. The van der Waals surface area contributed by atoms with Crippen molar-refractivity contribution in [2.45, 2.75) is 20.8 Å². The Morgan fingerprint density at radius 3 is 2.60 bits per heavy atom. The average Bonchev–Trinajstić information content (AvgIpc) is 2.33. The monoisotopic (exact) mass is 291 g/mol. The van der Waals surface area contributed by atoms with Crippen LogP contribution in [-0.4, -0.2) is 15.9 Å². The van der Waals surface area contributed by atoms with Crippen LogP contribution in [0, 0.1) is 20.8 Å². The number of carbonyl (C=O) groups excluding carboxylic acids is 1. The summed E-state index contributed by atoms with van der Waals surface area (Å²) in [5.41, 5.74) is 1.81. The van der Waals surface area contributed by atoms with Crippen molar-refractivity contribution < 1.29 is 4.79 Å². The summed E-state index contributed by atoms with van der Waals surface area (Å²) in [5.74, 6) is -0.0799. The molecule has 0 aliphatic heterocycles. The van der Waals surface area contributed by atoms with Crippen LogP contribution in [0.15, 0.2) is 23.1 Å². The first-order valence-corrected chi connectivity index (χ1v) is 6.40. The van der Waals surface area contributed by atoms with Crippen molar-refractivity contribution >= 4 is 23.2 Å². The molecule has 1 aromatic carbocycles. The van der Waals surface area contributed by atoms with Gasteiger partial charge in [-0.25, -0.2) is 4.98 Å². The molecule has 0 radical (unpaired) electrons. The van der Waals surface area contributed by atoms with Crippen LogP contribution in [-0.2, 0) is 0 Å². The summed E-state index contributed by atoms with van der Waals surface area (Å²) in [7, 11) is 0. The highest BCUT2D eigenvalue weighted by Gasteiger charge is 2.14. The minimum Gasteiger partial charge on any atom is -0.320 e. The van der Waals surface area contributed by atoms with Crippen molar-refractivity contribution in [3.05, 3.63) is 56.2 Å². The van der Waals surface area contributed by atoms with Crippen LogP contribution in [0.5, 0.6) is 0 Å². The highest BCUT2D eigenvalue weighted by molar-refractivity contribution is 6.34. The van der Waals surface area contributed by atoms with Gasteiger partial charge in [-0.3, -0.25) is 9.59 Å². The first kappa shape index (κ1) is 14.3. The van der Waals surface area contributed by atoms with E-state index < -0.39 is 11.5 Å². The van der Waals surface area contributed by atoms with Gasteiger partial charge < -0.3 is 10.3 Å². The molecule has 104 valence electrons. The number of hydrogen-bond acceptors (Lipinski definition) is 3. The molecule has 2 rings (SSSR count). The molecule has 0 spiro atoms. The van der Waals surface area contributed by atoms with Crippen molar-refractivity contribution in [1.29, 1.82) is 0 Å². The zero-order valence-electron chi connectivity index (χ0n) is 11.4. The molecule has 0 aliphatic carbocycles. The first-order valence-electron chi connectivity index (χ1n) is 6.02. The normalized spacial score (nSPS) is 10.4. The Balaban J connectivity index is 2.35. The van der Waals surface area contributed by atoms with Crippen LogP contribution in [0.1, 0.15) is 27.3 Å². The summed E-state index contributed by atoms with van der Waals surface area (Å²) in [6, 6.07) is 3.65. The molecule has 0 atom stereocenters. The number of halogens is 1. The Kier molecular flexibility index (Phi) is 3.90. The minimum atomic E-state index is -0.535. The van der Waals surface area contributed by atoms with Gasteiger partial charge in [0.25, 0.3) is 11.5 Å². The molecule has 1 amide bonds. The Labute approximate surface area is 121 Å². The fourth-order valence-electron chi connectivity index (χ4n) is 1.90. The Bertz CT molecular complexity index is 714. The standard InChI is InChI=1S/C14H14ClN3O2/c1-7-4-8(2)12(11(15)5-7)18-14(20)10-6-16-9(3)17-13(10)19/h4-6H,1-3H3,(H,18,20)(H,16,17,19). The summed E-state index contributed by atoms with van der Waals surface area (Å²) in [6.07, 6.45) is 1.25. The molecule has 0 saturated heterocycles. The maximum Gasteiger partial charge on any atom is 0.263 e. The van der Waals surface area contributed by atoms with Crippen LogP contribution in [0.25, 0.3) is 0 Å². The molecule has 2 aromatic rings. The van der Waals surface area contributed by atoms with Gasteiger partial charge in [0.1, 0.15) is 11.4 Å². The lowest BCUT2D eigenvalue weighted by Crippen LogP contribution is -2.24. The third kappa shape index (κ3) is 2.88. The Morgan fingerprint density at radius 1 is 1.30 bits per heavy atom. The number of aryl methyl sites for hydroxylation is 3. The van der Waals surface area contributed by atoms with E-state index in [-0.39, 0.29) is 5.56 Å². The number of nitrogens with zero attached hydrogens (tertiary/aromatic N) is 1. The molecular formula is C14H14ClN3O2. The van der Waals surface area contributed by atoms with Crippen molar-refractivity contribution in [2.75, 3.05) is 5.32 Å². The van der Waals surface area contributed by atoms with E-state index in [1.54, 1.807) is 13.0 Å². The summed E-state index contributed by atoms with van der Waals surface area (Å²) < 4.78 is 0. The van der Waals surface area contributed by atoms with Gasteiger partial charge in [0.15, 0.2) is 0 Å². The van der Waals surface area contributed by atoms with Crippen molar-refractivity contribution in [2.24, 2.45) is 0 Å². The van der Waals surface area contributed by atoms with E-state index in [4.69, 9.17) is 11.6 Å². The minimum absolute atomic E-state index is 0.0494. The predicted molar refractivity (Wildman–Crippen MR) is 78.5 cm³/mol. The van der Waals surface area contributed by atoms with Gasteiger partial charge in [-0.05, 0) is 38.0 Å². The number of hydrogen-bond donors (Lipinski definition) is 2. The van der Waals surface area contributed by atoms with Crippen molar-refractivity contribution in [1.82, 2.24) is 9.97 Å². The average molecular weight is 292 g/mol. The molecule has 20 heavy (non-hydrogen) atoms. The maximum atomic E-state index is 12.1. The smallest absolute Gasteiger partial charge is 0.263 e. The molecule has 0 unspecified atom stereocenters. The van der Waals surface area contributed by atoms with E-state index >= 15 is 0 Å². The third-order valence-electron chi connectivity index (χ3n) is 2.84. The van der Waals surface area contributed by atoms with Crippen molar-refractivity contribution in [3.63, 3.8) is 0 Å². The second-order valence-electron chi connectivity index (χ2n) is 4.60. The summed E-state index contributed by atoms with van der Waals surface area (Å²) in [5, 5.41) is 3.09. The fraction of sp³-hybridized carbons (Fsp3) is 0.214. The highest BCUT2D eigenvalue weighted by Crippen LogP contribution is 2.27. The van der Waals surface area contributed by atoms with E-state index in [1.165, 1.54) is 6.20 Å². The zero-order chi connectivity index (χ0) is 14.9. The van der Waals surface area contributed by atoms with E-state index in [9.17, 15) is 9.59 Å². The SMILES string of the molecule is Cc1cc(C)c(NC(=O)c2cnc(C)[nH]c2=O)c(Cl)c1. The number of H-pyrrole nitrogens is 1. The zero-order valence-corrected chi connectivity index (χ0v) is 12.1. The second kappa shape index (κ2) is 5.46. The van der Waals surface area contributed by atoms with Gasteiger partial charge in [-0.15, -0.1) is 0 Å². The Morgan fingerprint density at radius 2 is 2.00 bits per heavy atom. The lowest BCUT2D eigenvalue weighted by atomic mass is 10.1. The van der Waals surface area contributed by atoms with E-state index in [1.807, 2.05) is 19.9 Å². The molecule has 6 heteroatoms. The summed E-state index contributed by atoms with van der Waals surface area (Å²) in [4.78, 5) is 30.2. The van der Waals surface area contributed by atoms with Gasteiger partial charge in [0.05, 0.1) is 10.7 Å². The van der Waals surface area contributed by atoms with Crippen LogP contribution in [0.2, 0.25) is 5.02 Å². The van der Waals surface area contributed by atoms with Gasteiger partial charge in [-0.2, -0.15) is 0 Å². The summed E-state index contributed by atoms with van der Waals surface area (Å²) in [6.45, 7) is 5.40. The number of rotatable bonds is 2. The largest absolute Gasteiger partial charge is 0.320 e. The van der Waals surface area contributed by atoms with Crippen LogP contribution >= 0.6 is 11.6 Å². The molecule has 2 N–H and O–H groups in total. The Hall–Kier alpha value is -2.14. The molecule has 1 heterocycles. The number of aromatic amines is 1. The van der Waals surface area contributed by atoms with Gasteiger partial charge in [0.2, 0.25) is 0 Å². The van der Waals surface area contributed by atoms with E-state index in [0.29, 0.717) is 16.5 Å². The number of nitrogens with one attached hydrogen (secondary N) is 2. The second-order valence-corrected chi connectivity index (χ2v) is 5.01. The molecule has 0 aliphatic rings. The van der Waals surface area contributed by atoms with Crippen LogP contribution in [0.4, 0.5) is 5.69 Å². The number of anilines is 1. The summed E-state index contributed by atoms with van der Waals surface area (Å²) >= 11 is 6.12. The van der Waals surface area contributed by atoms with E-state index in [0.717, 1.165) is 11.1 Å². The van der Waals surface area contributed by atoms with Gasteiger partial charge >= 0.3 is 0 Å². The van der Waals surface area contributed by atoms with Gasteiger partial charge in [0, 0.05) is 6.20 Å². The van der Waals surface area contributed by atoms with Crippen LogP contribution < -0.4 is 10.9 Å². The maximum absolute atomic E-state index is 12.1. The molecule has 1 aromatic heterocycles. The number of benzene rings is 1. The lowest BCUT2D eigenvalue weighted by molar-refractivity contribution is 0.102. The van der Waals surface area contributed by atoms with Crippen LogP contribution in [0.3, 0.4) is 0 Å². The number of aromatic nitrogens is 2. The first-order chi connectivity index (χ1) is 9.38. The highest BCUT2D eigenvalue weighted by atomic mass is 35.5. The molecule has 0 fully saturated rings. The molecule has 5 nitrogen and oxygen atoms in total. The lowest BCUT2D eigenvalue weighted by Gasteiger charge is -2.11. The predicted octanol–water partition coefficient (Wildman–Crippen LogP) is 2.60. The number of amides is 1. The van der Waals surface area contributed by atoms with Crippen molar-refractivity contribution in [3.8, 4) is 0 Å². The quantitative estimate of drug-likeness (QED) is 0.893. The van der Waals surface area contributed by atoms with E-state index in [2.05, 4.69) is 15.3 Å². The molecule has 0 saturated carbocycles. The number of carbonyl (C=O) groups is 1.